The molecule has 356 valence electrons. The van der Waals surface area contributed by atoms with Crippen LogP contribution < -0.4 is 21.3 Å². The molecule has 4 atom stereocenters. The van der Waals surface area contributed by atoms with Gasteiger partial charge in [0, 0.05) is 55.7 Å². The topological polar surface area (TPSA) is 123 Å². The Morgan fingerprint density at radius 3 is 1.41 bits per heavy atom. The van der Waals surface area contributed by atoms with Crippen molar-refractivity contribution in [3.05, 3.63) is 163 Å². The van der Waals surface area contributed by atoms with Crippen molar-refractivity contribution in [1.82, 2.24) is 21.3 Å². The molecule has 0 spiro atoms. The lowest BCUT2D eigenvalue weighted by Gasteiger charge is -2.24. The van der Waals surface area contributed by atoms with Crippen molar-refractivity contribution in [2.45, 2.75) is 105 Å². The molecule has 2 amide bonds. The van der Waals surface area contributed by atoms with Crippen molar-refractivity contribution in [3.8, 4) is 11.1 Å². The van der Waals surface area contributed by atoms with Crippen LogP contribution in [0.2, 0.25) is 0 Å². The number of halogens is 6. The van der Waals surface area contributed by atoms with E-state index in [4.69, 9.17) is 0 Å². The standard InChI is InChI=1S/C29H33F3N2O2.C23H29F2IN2O2/c1-18(2)9-20-7-8-27(22-5-4-6-24(30)14-22)23(10-20)16-33-17-29(36)28(34-19(3)35)13-21-11-25(31)15-26(32)12-21;1-14(2)6-16-4-5-21(26)18(7-16)12-27-13-23(30)22(28-15(3)29)10-17-8-19(24)11-20(25)9-17/h4-8,10-12,14-15,18,28-29,33,36H,9,13,16-17H2,1-3H3,(H,34,35);4-5,7-9,11,14,22-23,27,30H,6,10,12-13H2,1-3H3,(H,28,29)/t28-,29+;22-,23+/m00/s1. The van der Waals surface area contributed by atoms with Crippen molar-refractivity contribution in [2.75, 3.05) is 13.1 Å². The van der Waals surface area contributed by atoms with Crippen LogP contribution in [0.5, 0.6) is 0 Å². The maximum Gasteiger partial charge on any atom is 0.217 e. The maximum absolute atomic E-state index is 13.9. The second-order valence-electron chi connectivity index (χ2n) is 17.6. The van der Waals surface area contributed by atoms with Gasteiger partial charge >= 0.3 is 0 Å². The molecule has 0 heterocycles. The van der Waals surface area contributed by atoms with Gasteiger partial charge in [-0.25, -0.2) is 22.0 Å². The van der Waals surface area contributed by atoms with Crippen LogP contribution in [-0.2, 0) is 48.4 Å². The first-order valence-corrected chi connectivity index (χ1v) is 23.2. The molecule has 0 unspecified atom stereocenters. The van der Waals surface area contributed by atoms with Crippen molar-refractivity contribution in [3.63, 3.8) is 0 Å². The SMILES string of the molecule is CC(=O)N[C@@H](Cc1cc(F)cc(F)c1)[C@H](O)CNCc1cc(CC(C)C)ccc1-c1cccc(F)c1.CC(=O)N[C@@H](Cc1cc(F)cc(F)c1)[C@H](O)CNCc1cc(CC(C)C)ccc1I. The molecule has 5 rings (SSSR count). The molecule has 14 heteroatoms. The van der Waals surface area contributed by atoms with E-state index in [1.54, 1.807) is 6.07 Å². The van der Waals surface area contributed by atoms with Gasteiger partial charge in [-0.3, -0.25) is 9.59 Å². The fourth-order valence-electron chi connectivity index (χ4n) is 7.74. The molecule has 0 fully saturated rings. The Balaban J connectivity index is 0.000000294. The van der Waals surface area contributed by atoms with Crippen molar-refractivity contribution in [1.29, 1.82) is 0 Å². The van der Waals surface area contributed by atoms with Crippen LogP contribution in [0.25, 0.3) is 11.1 Å². The van der Waals surface area contributed by atoms with E-state index < -0.39 is 47.6 Å². The summed E-state index contributed by atoms with van der Waals surface area (Å²) >= 11 is 2.29. The number of nitrogens with one attached hydrogen (secondary N) is 4. The summed E-state index contributed by atoms with van der Waals surface area (Å²) in [7, 11) is 0. The highest BCUT2D eigenvalue weighted by Gasteiger charge is 2.23. The summed E-state index contributed by atoms with van der Waals surface area (Å²) in [5.41, 5.74) is 6.88. The van der Waals surface area contributed by atoms with Crippen LogP contribution in [0.4, 0.5) is 22.0 Å². The highest BCUT2D eigenvalue weighted by molar-refractivity contribution is 14.1. The van der Waals surface area contributed by atoms with Crippen molar-refractivity contribution >= 4 is 34.4 Å². The summed E-state index contributed by atoms with van der Waals surface area (Å²) in [6.45, 7) is 12.6. The number of hydrogen-bond acceptors (Lipinski definition) is 6. The van der Waals surface area contributed by atoms with Crippen LogP contribution in [0.15, 0.2) is 97.1 Å². The summed E-state index contributed by atoms with van der Waals surface area (Å²) < 4.78 is 69.2. The first-order chi connectivity index (χ1) is 31.2. The number of aliphatic hydroxyl groups is 2. The Hall–Kier alpha value is -4.74. The first-order valence-electron chi connectivity index (χ1n) is 22.1. The van der Waals surface area contributed by atoms with Crippen molar-refractivity contribution in [2.24, 2.45) is 11.8 Å². The van der Waals surface area contributed by atoms with Crippen LogP contribution in [0.3, 0.4) is 0 Å². The monoisotopic (exact) mass is 1030 g/mol. The van der Waals surface area contributed by atoms with Gasteiger partial charge in [-0.1, -0.05) is 70.2 Å². The molecule has 6 N–H and O–H groups in total. The fraction of sp³-hybridized carbons (Fsp3) is 0.385. The van der Waals surface area contributed by atoms with Gasteiger partial charge in [-0.2, -0.15) is 0 Å². The van der Waals surface area contributed by atoms with Gasteiger partial charge in [0.1, 0.15) is 29.1 Å². The molecule has 0 aliphatic rings. The number of aliphatic hydroxyl groups excluding tert-OH is 2. The molecule has 0 radical (unpaired) electrons. The summed E-state index contributed by atoms with van der Waals surface area (Å²) in [4.78, 5) is 23.3. The molecule has 0 aromatic heterocycles. The van der Waals surface area contributed by atoms with Gasteiger partial charge in [-0.05, 0) is 147 Å². The van der Waals surface area contributed by atoms with Gasteiger partial charge < -0.3 is 31.5 Å². The molecule has 8 nitrogen and oxygen atoms in total. The lowest BCUT2D eigenvalue weighted by Crippen LogP contribution is -2.48. The second-order valence-corrected chi connectivity index (χ2v) is 18.8. The minimum Gasteiger partial charge on any atom is -0.390 e. The Bertz CT molecular complexity index is 2330. The summed E-state index contributed by atoms with van der Waals surface area (Å²) in [5.74, 6) is -2.75. The first kappa shape index (κ1) is 53.9. The molecule has 5 aromatic carbocycles. The van der Waals surface area contributed by atoms with E-state index in [0.29, 0.717) is 36.1 Å². The molecular formula is C52H62F5IN4O4. The van der Waals surface area contributed by atoms with Gasteiger partial charge in [0.05, 0.1) is 24.3 Å². The normalized spacial score (nSPS) is 13.2. The number of amides is 2. The number of benzene rings is 5. The van der Waals surface area contributed by atoms with E-state index in [-0.39, 0.29) is 43.6 Å². The van der Waals surface area contributed by atoms with Crippen LogP contribution in [0, 0.1) is 44.5 Å². The Labute approximate surface area is 399 Å². The minimum atomic E-state index is -1.02. The number of carbonyl (C=O) groups excluding carboxylic acids is 2. The van der Waals surface area contributed by atoms with Gasteiger partial charge in [0.15, 0.2) is 0 Å². The fourth-order valence-corrected chi connectivity index (χ4v) is 8.27. The lowest BCUT2D eigenvalue weighted by molar-refractivity contribution is -0.121. The number of carbonyl (C=O) groups is 2. The predicted octanol–water partition coefficient (Wildman–Crippen LogP) is 9.13. The van der Waals surface area contributed by atoms with Gasteiger partial charge in [0.2, 0.25) is 11.8 Å². The molecule has 66 heavy (non-hydrogen) atoms. The Kier molecular flexibility index (Phi) is 21.7. The van der Waals surface area contributed by atoms with Crippen LogP contribution in [0.1, 0.15) is 74.9 Å². The quantitative estimate of drug-likeness (QED) is 0.0322. The molecular weight excluding hydrogens is 966 g/mol. The van der Waals surface area contributed by atoms with E-state index in [0.717, 1.165) is 56.4 Å². The molecule has 0 saturated carbocycles. The highest BCUT2D eigenvalue weighted by Crippen LogP contribution is 2.27. The molecule has 0 aliphatic carbocycles. The van der Waals surface area contributed by atoms with E-state index in [1.165, 1.54) is 55.8 Å². The van der Waals surface area contributed by atoms with Crippen molar-refractivity contribution < 1.29 is 41.8 Å². The van der Waals surface area contributed by atoms with E-state index >= 15 is 0 Å². The van der Waals surface area contributed by atoms with Crippen LogP contribution >= 0.6 is 22.6 Å². The molecule has 0 aliphatic heterocycles. The number of hydrogen-bond donors (Lipinski definition) is 6. The second kappa shape index (κ2) is 26.6. The minimum absolute atomic E-state index is 0.0650. The van der Waals surface area contributed by atoms with E-state index in [2.05, 4.69) is 95.8 Å². The summed E-state index contributed by atoms with van der Waals surface area (Å²) in [6.07, 6.45) is 0.150. The number of rotatable bonds is 21. The lowest BCUT2D eigenvalue weighted by atomic mass is 9.94. The molecule has 0 bridgehead atoms. The molecule has 0 saturated heterocycles. The maximum atomic E-state index is 13.9. The van der Waals surface area contributed by atoms with Gasteiger partial charge in [-0.15, -0.1) is 0 Å². The van der Waals surface area contributed by atoms with Crippen LogP contribution in [-0.4, -0.2) is 59.4 Å². The average Bonchev–Trinajstić information content (AvgIpc) is 3.20. The van der Waals surface area contributed by atoms with Gasteiger partial charge in [0.25, 0.3) is 0 Å². The largest absolute Gasteiger partial charge is 0.390 e. The highest BCUT2D eigenvalue weighted by atomic mass is 127. The zero-order chi connectivity index (χ0) is 48.5. The van der Waals surface area contributed by atoms with E-state index in [9.17, 15) is 41.8 Å². The third kappa shape index (κ3) is 18.9. The van der Waals surface area contributed by atoms with E-state index in [1.807, 2.05) is 18.2 Å². The third-order valence-electron chi connectivity index (χ3n) is 10.5. The average molecular weight is 1030 g/mol. The summed E-state index contributed by atoms with van der Waals surface area (Å²) in [6, 6.07) is 23.9. The third-order valence-corrected chi connectivity index (χ3v) is 11.6. The Morgan fingerprint density at radius 2 is 0.970 bits per heavy atom. The summed E-state index contributed by atoms with van der Waals surface area (Å²) in [5, 5.41) is 33.2. The Morgan fingerprint density at radius 1 is 0.530 bits per heavy atom. The zero-order valence-corrected chi connectivity index (χ0v) is 40.5. The predicted molar refractivity (Wildman–Crippen MR) is 259 cm³/mol. The smallest absolute Gasteiger partial charge is 0.217 e. The zero-order valence-electron chi connectivity index (χ0n) is 38.3. The molecule has 5 aromatic rings.